The molecule has 1 heterocycles. The van der Waals surface area contributed by atoms with Crippen LogP contribution >= 0.6 is 11.8 Å². The molecule has 212 valence electrons. The van der Waals surface area contributed by atoms with E-state index in [1.807, 2.05) is 6.92 Å². The van der Waals surface area contributed by atoms with Crippen LogP contribution in [0.5, 0.6) is 5.75 Å². The molecule has 8 nitrogen and oxygen atoms in total. The van der Waals surface area contributed by atoms with Crippen molar-refractivity contribution >= 4 is 35.4 Å². The Morgan fingerprint density at radius 3 is 2.54 bits per heavy atom. The number of carbonyl (C=O) groups is 3. The smallest absolute Gasteiger partial charge is 0.444 e. The van der Waals surface area contributed by atoms with Gasteiger partial charge in [0.1, 0.15) is 17.4 Å². The molecular formula is C27H32F3N3O5S. The highest BCUT2D eigenvalue weighted by atomic mass is 32.2. The zero-order valence-corrected chi connectivity index (χ0v) is 23.0. The van der Waals surface area contributed by atoms with Crippen LogP contribution < -0.4 is 20.3 Å². The maximum absolute atomic E-state index is 13.7. The molecule has 3 rings (SSSR count). The number of nitrogens with zero attached hydrogens (tertiary/aromatic N) is 1. The van der Waals surface area contributed by atoms with Gasteiger partial charge in [-0.05, 0) is 63.1 Å². The molecule has 12 heteroatoms. The average Bonchev–Trinajstić information content (AvgIpc) is 2.94. The predicted octanol–water partition coefficient (Wildman–Crippen LogP) is 5.65. The van der Waals surface area contributed by atoms with Crippen molar-refractivity contribution < 1.29 is 37.0 Å². The van der Waals surface area contributed by atoms with Crippen LogP contribution in [-0.2, 0) is 16.1 Å². The van der Waals surface area contributed by atoms with Crippen molar-refractivity contribution in [2.24, 2.45) is 0 Å². The predicted molar refractivity (Wildman–Crippen MR) is 142 cm³/mol. The summed E-state index contributed by atoms with van der Waals surface area (Å²) in [7, 11) is 0. The van der Waals surface area contributed by atoms with Gasteiger partial charge in [-0.15, -0.1) is 24.9 Å². The number of carbonyl (C=O) groups excluding carboxylic acids is 3. The quantitative estimate of drug-likeness (QED) is 0.401. The first-order valence-corrected chi connectivity index (χ1v) is 13.4. The minimum Gasteiger partial charge on any atom is -0.444 e. The number of ether oxygens (including phenoxy) is 2. The fraction of sp³-hybridized carbons (Fsp3) is 0.444. The van der Waals surface area contributed by atoms with Crippen molar-refractivity contribution in [3.05, 3.63) is 53.6 Å². The molecule has 2 N–H and O–H groups in total. The van der Waals surface area contributed by atoms with E-state index in [0.29, 0.717) is 28.3 Å². The summed E-state index contributed by atoms with van der Waals surface area (Å²) in [6.07, 6.45) is -3.93. The van der Waals surface area contributed by atoms with Crippen LogP contribution in [0.4, 0.5) is 23.7 Å². The topological polar surface area (TPSA) is 97.0 Å². The van der Waals surface area contributed by atoms with Crippen LogP contribution in [0.15, 0.2) is 47.4 Å². The minimum atomic E-state index is -4.87. The number of hydrogen-bond acceptors (Lipinski definition) is 6. The summed E-state index contributed by atoms with van der Waals surface area (Å²) in [6, 6.07) is 9.26. The number of alkyl carbamates (subject to hydrolysis) is 1. The van der Waals surface area contributed by atoms with Crippen LogP contribution in [-0.4, -0.2) is 48.2 Å². The van der Waals surface area contributed by atoms with Crippen LogP contribution in [0.2, 0.25) is 0 Å². The van der Waals surface area contributed by atoms with Crippen molar-refractivity contribution in [1.29, 1.82) is 0 Å². The SMILES string of the molecule is CCCCNC(=O)c1ccc2c(c1)N(Cc1cccc(OC(F)(F)F)c1)C(=O)[C@@H](NC(=O)OC(C)(C)C)CS2. The Morgan fingerprint density at radius 1 is 1.13 bits per heavy atom. The number of anilines is 1. The van der Waals surface area contributed by atoms with Crippen molar-refractivity contribution in [2.45, 2.75) is 70.0 Å². The van der Waals surface area contributed by atoms with Gasteiger partial charge in [0.15, 0.2) is 0 Å². The van der Waals surface area contributed by atoms with Gasteiger partial charge in [0, 0.05) is 22.8 Å². The number of alkyl halides is 3. The molecule has 0 saturated carbocycles. The Hall–Kier alpha value is -3.41. The second-order valence-electron chi connectivity index (χ2n) is 9.92. The molecular weight excluding hydrogens is 535 g/mol. The third-order valence-electron chi connectivity index (χ3n) is 5.46. The van der Waals surface area contributed by atoms with Crippen molar-refractivity contribution in [1.82, 2.24) is 10.6 Å². The average molecular weight is 568 g/mol. The van der Waals surface area contributed by atoms with E-state index in [1.54, 1.807) is 45.0 Å². The van der Waals surface area contributed by atoms with Gasteiger partial charge in [-0.3, -0.25) is 9.59 Å². The van der Waals surface area contributed by atoms with E-state index in [2.05, 4.69) is 15.4 Å². The van der Waals surface area contributed by atoms with E-state index in [9.17, 15) is 27.6 Å². The Labute approximate surface area is 229 Å². The van der Waals surface area contributed by atoms with Gasteiger partial charge in [0.05, 0.1) is 12.2 Å². The number of hydrogen-bond donors (Lipinski definition) is 2. The summed E-state index contributed by atoms with van der Waals surface area (Å²) >= 11 is 1.31. The largest absolute Gasteiger partial charge is 0.573 e. The zero-order valence-electron chi connectivity index (χ0n) is 22.2. The first-order chi connectivity index (χ1) is 18.3. The molecule has 2 aromatic rings. The molecule has 0 unspecified atom stereocenters. The molecule has 0 aliphatic carbocycles. The Balaban J connectivity index is 1.96. The zero-order chi connectivity index (χ0) is 28.8. The van der Waals surface area contributed by atoms with Crippen molar-refractivity contribution in [3.63, 3.8) is 0 Å². The fourth-order valence-electron chi connectivity index (χ4n) is 3.76. The van der Waals surface area contributed by atoms with E-state index >= 15 is 0 Å². The van der Waals surface area contributed by atoms with Gasteiger partial charge in [-0.1, -0.05) is 25.5 Å². The van der Waals surface area contributed by atoms with Crippen LogP contribution in [0, 0.1) is 0 Å². The van der Waals surface area contributed by atoms with Gasteiger partial charge < -0.3 is 25.0 Å². The number of rotatable bonds is 8. The molecule has 0 fully saturated rings. The highest BCUT2D eigenvalue weighted by molar-refractivity contribution is 7.99. The third kappa shape index (κ3) is 9.09. The monoisotopic (exact) mass is 567 g/mol. The molecule has 0 spiro atoms. The highest BCUT2D eigenvalue weighted by Gasteiger charge is 2.34. The van der Waals surface area contributed by atoms with Crippen molar-refractivity contribution in [2.75, 3.05) is 17.2 Å². The normalized spacial score (nSPS) is 15.7. The van der Waals surface area contributed by atoms with E-state index in [1.165, 1.54) is 28.8 Å². The number of nitrogens with one attached hydrogen (secondary N) is 2. The number of amides is 3. The first kappa shape index (κ1) is 30.1. The van der Waals surface area contributed by atoms with E-state index in [-0.39, 0.29) is 18.2 Å². The molecule has 1 atom stereocenters. The molecule has 1 aliphatic rings. The summed E-state index contributed by atoms with van der Waals surface area (Å²) in [5.41, 5.74) is 0.309. The van der Waals surface area contributed by atoms with Crippen LogP contribution in [0.1, 0.15) is 56.5 Å². The lowest BCUT2D eigenvalue weighted by Crippen LogP contribution is -2.50. The molecule has 2 aromatic carbocycles. The summed E-state index contributed by atoms with van der Waals surface area (Å²) in [5.74, 6) is -1.06. The minimum absolute atomic E-state index is 0.130. The van der Waals surface area contributed by atoms with Gasteiger partial charge in [0.25, 0.3) is 11.8 Å². The third-order valence-corrected chi connectivity index (χ3v) is 6.62. The number of unbranched alkanes of at least 4 members (excludes halogenated alkanes) is 1. The van der Waals surface area contributed by atoms with Gasteiger partial charge in [0.2, 0.25) is 0 Å². The molecule has 0 radical (unpaired) electrons. The Morgan fingerprint density at radius 2 is 1.87 bits per heavy atom. The van der Waals surface area contributed by atoms with Crippen LogP contribution in [0.25, 0.3) is 0 Å². The standard InChI is InChI=1S/C27H32F3N3O5S/c1-5-6-12-31-23(34)18-10-11-22-21(14-18)33(15-17-8-7-9-19(13-17)37-27(28,29)30)24(35)20(16-39-22)32-25(36)38-26(2,3)4/h7-11,13-14,20H,5-6,12,15-16H2,1-4H3,(H,31,34)(H,32,36)/t20-/m0/s1. The lowest BCUT2D eigenvalue weighted by molar-refractivity contribution is -0.274. The Bertz CT molecular complexity index is 1200. The van der Waals surface area contributed by atoms with Gasteiger partial charge in [-0.25, -0.2) is 4.79 Å². The molecule has 0 aromatic heterocycles. The van der Waals surface area contributed by atoms with Gasteiger partial charge in [-0.2, -0.15) is 0 Å². The van der Waals surface area contributed by atoms with E-state index in [4.69, 9.17) is 4.74 Å². The molecule has 1 aliphatic heterocycles. The summed E-state index contributed by atoms with van der Waals surface area (Å²) < 4.78 is 47.7. The molecule has 0 bridgehead atoms. The molecule has 3 amide bonds. The summed E-state index contributed by atoms with van der Waals surface area (Å²) in [4.78, 5) is 41.0. The lowest BCUT2D eigenvalue weighted by Gasteiger charge is -2.27. The second kappa shape index (κ2) is 12.6. The maximum atomic E-state index is 13.7. The van der Waals surface area contributed by atoms with E-state index in [0.717, 1.165) is 18.9 Å². The lowest BCUT2D eigenvalue weighted by atomic mass is 10.1. The number of halogens is 3. The van der Waals surface area contributed by atoms with Crippen molar-refractivity contribution in [3.8, 4) is 5.75 Å². The second-order valence-corrected chi connectivity index (χ2v) is 11.0. The number of fused-ring (bicyclic) bond motifs is 1. The summed E-state index contributed by atoms with van der Waals surface area (Å²) in [5, 5.41) is 5.44. The first-order valence-electron chi connectivity index (χ1n) is 12.5. The Kier molecular flexibility index (Phi) is 9.76. The highest BCUT2D eigenvalue weighted by Crippen LogP contribution is 2.37. The maximum Gasteiger partial charge on any atom is 0.573 e. The summed E-state index contributed by atoms with van der Waals surface area (Å²) in [6.45, 7) is 7.46. The number of thioether (sulfide) groups is 1. The van der Waals surface area contributed by atoms with Gasteiger partial charge >= 0.3 is 12.5 Å². The van der Waals surface area contributed by atoms with Crippen LogP contribution in [0.3, 0.4) is 0 Å². The number of benzene rings is 2. The fourth-order valence-corrected chi connectivity index (χ4v) is 4.82. The molecule has 39 heavy (non-hydrogen) atoms. The van der Waals surface area contributed by atoms with E-state index < -0.39 is 35.8 Å². The molecule has 0 saturated heterocycles.